The molecule has 1 aromatic rings. The van der Waals surface area contributed by atoms with E-state index in [-0.39, 0.29) is 12.4 Å². The van der Waals surface area contributed by atoms with E-state index in [1.807, 2.05) is 37.3 Å². The average Bonchev–Trinajstić information content (AvgIpc) is 2.16. The first-order valence-corrected chi connectivity index (χ1v) is 5.13. The molecule has 2 nitrogen and oxygen atoms in total. The standard InChI is InChI=1S/C12H19NO.ClH/c1-10(2)13-9-12(3,14)11-7-5-4-6-8-11;/h4-8,10,13-14H,9H2,1-3H3;1H. The SMILES string of the molecule is CC(C)[NH2+]CC(C)(O)c1ccccc1.[Cl-]. The normalized spacial score (nSPS) is 14.5. The molecule has 0 bridgehead atoms. The second-order valence-electron chi connectivity index (χ2n) is 4.32. The lowest BCUT2D eigenvalue weighted by molar-refractivity contribution is -0.695. The molecule has 15 heavy (non-hydrogen) atoms. The monoisotopic (exact) mass is 229 g/mol. The van der Waals surface area contributed by atoms with Crippen LogP contribution in [-0.4, -0.2) is 17.7 Å². The Bertz CT molecular complexity index is 272. The zero-order valence-electron chi connectivity index (χ0n) is 9.57. The summed E-state index contributed by atoms with van der Waals surface area (Å²) < 4.78 is 0. The fourth-order valence-corrected chi connectivity index (χ4v) is 1.38. The van der Waals surface area contributed by atoms with Crippen molar-refractivity contribution in [1.82, 2.24) is 0 Å². The van der Waals surface area contributed by atoms with E-state index in [0.29, 0.717) is 12.6 Å². The van der Waals surface area contributed by atoms with Crippen molar-refractivity contribution in [3.05, 3.63) is 35.9 Å². The molecule has 0 fully saturated rings. The van der Waals surface area contributed by atoms with Crippen molar-refractivity contribution in [3.8, 4) is 0 Å². The fraction of sp³-hybridized carbons (Fsp3) is 0.500. The van der Waals surface area contributed by atoms with E-state index in [4.69, 9.17) is 0 Å². The molecule has 0 spiro atoms. The molecule has 1 atom stereocenters. The molecule has 3 N–H and O–H groups in total. The molecule has 0 saturated carbocycles. The number of quaternary nitrogens is 1. The highest BCUT2D eigenvalue weighted by Gasteiger charge is 2.25. The summed E-state index contributed by atoms with van der Waals surface area (Å²) in [6, 6.07) is 10.3. The molecular weight excluding hydrogens is 210 g/mol. The van der Waals surface area contributed by atoms with Gasteiger partial charge in [-0.25, -0.2) is 0 Å². The first-order valence-electron chi connectivity index (χ1n) is 5.13. The molecule has 0 radical (unpaired) electrons. The Kier molecular flexibility index (Phi) is 5.88. The summed E-state index contributed by atoms with van der Waals surface area (Å²) in [6.07, 6.45) is 0. The number of hydrogen-bond donors (Lipinski definition) is 2. The zero-order valence-corrected chi connectivity index (χ0v) is 10.3. The van der Waals surface area contributed by atoms with Crippen LogP contribution in [-0.2, 0) is 5.60 Å². The van der Waals surface area contributed by atoms with Crippen LogP contribution < -0.4 is 17.7 Å². The maximum atomic E-state index is 10.2. The van der Waals surface area contributed by atoms with Gasteiger partial charge in [-0.15, -0.1) is 0 Å². The second-order valence-corrected chi connectivity index (χ2v) is 4.32. The Balaban J connectivity index is 0.00000196. The highest BCUT2D eigenvalue weighted by atomic mass is 35.5. The van der Waals surface area contributed by atoms with Crippen LogP contribution in [0.2, 0.25) is 0 Å². The maximum absolute atomic E-state index is 10.2. The number of halogens is 1. The van der Waals surface area contributed by atoms with Gasteiger partial charge in [-0.1, -0.05) is 30.3 Å². The van der Waals surface area contributed by atoms with Crippen LogP contribution in [0.15, 0.2) is 30.3 Å². The van der Waals surface area contributed by atoms with E-state index in [1.165, 1.54) is 0 Å². The molecule has 0 aliphatic rings. The van der Waals surface area contributed by atoms with Crippen LogP contribution >= 0.6 is 0 Å². The van der Waals surface area contributed by atoms with E-state index in [0.717, 1.165) is 5.56 Å². The first-order chi connectivity index (χ1) is 6.52. The molecule has 3 heteroatoms. The summed E-state index contributed by atoms with van der Waals surface area (Å²) in [6.45, 7) is 6.82. The van der Waals surface area contributed by atoms with Crippen molar-refractivity contribution in [3.63, 3.8) is 0 Å². The van der Waals surface area contributed by atoms with Crippen molar-refractivity contribution in [2.45, 2.75) is 32.4 Å². The van der Waals surface area contributed by atoms with Crippen molar-refractivity contribution < 1.29 is 22.8 Å². The van der Waals surface area contributed by atoms with E-state index in [1.54, 1.807) is 0 Å². The van der Waals surface area contributed by atoms with Gasteiger partial charge in [0.2, 0.25) is 0 Å². The van der Waals surface area contributed by atoms with Gasteiger partial charge in [0.15, 0.2) is 0 Å². The van der Waals surface area contributed by atoms with Gasteiger partial charge >= 0.3 is 0 Å². The Labute approximate surface area is 98.1 Å². The lowest BCUT2D eigenvalue weighted by Gasteiger charge is -2.22. The molecule has 1 rings (SSSR count). The second kappa shape index (κ2) is 6.11. The molecule has 0 heterocycles. The quantitative estimate of drug-likeness (QED) is 0.608. The minimum absolute atomic E-state index is 0. The topological polar surface area (TPSA) is 36.8 Å². The molecule has 0 amide bonds. The van der Waals surface area contributed by atoms with Crippen molar-refractivity contribution in [2.24, 2.45) is 0 Å². The minimum Gasteiger partial charge on any atom is -1.00 e. The molecule has 0 aliphatic heterocycles. The third kappa shape index (κ3) is 4.65. The molecule has 0 aliphatic carbocycles. The highest BCUT2D eigenvalue weighted by Crippen LogP contribution is 2.17. The van der Waals surface area contributed by atoms with Crippen molar-refractivity contribution >= 4 is 0 Å². The van der Waals surface area contributed by atoms with Gasteiger partial charge in [0.05, 0.1) is 6.04 Å². The van der Waals surface area contributed by atoms with Crippen LogP contribution in [0, 0.1) is 0 Å². The van der Waals surface area contributed by atoms with E-state index >= 15 is 0 Å². The Morgan fingerprint density at radius 2 is 1.80 bits per heavy atom. The summed E-state index contributed by atoms with van der Waals surface area (Å²) >= 11 is 0. The van der Waals surface area contributed by atoms with Crippen LogP contribution in [0.1, 0.15) is 26.3 Å². The van der Waals surface area contributed by atoms with Gasteiger partial charge in [-0.05, 0) is 26.3 Å². The summed E-state index contributed by atoms with van der Waals surface area (Å²) in [4.78, 5) is 0. The fourth-order valence-electron chi connectivity index (χ4n) is 1.38. The van der Waals surface area contributed by atoms with Gasteiger partial charge < -0.3 is 22.8 Å². The van der Waals surface area contributed by atoms with Crippen molar-refractivity contribution in [2.75, 3.05) is 6.54 Å². The third-order valence-corrected chi connectivity index (χ3v) is 2.38. The molecule has 86 valence electrons. The molecular formula is C12H20ClNO. The Hall–Kier alpha value is -0.570. The van der Waals surface area contributed by atoms with Gasteiger partial charge in [0, 0.05) is 0 Å². The maximum Gasteiger partial charge on any atom is 0.135 e. The van der Waals surface area contributed by atoms with Gasteiger partial charge in [-0.3, -0.25) is 0 Å². The number of aliphatic hydroxyl groups is 1. The summed E-state index contributed by atoms with van der Waals surface area (Å²) in [5.74, 6) is 0. The zero-order chi connectivity index (χ0) is 10.6. The summed E-state index contributed by atoms with van der Waals surface area (Å²) in [5, 5.41) is 12.3. The lowest BCUT2D eigenvalue weighted by Crippen LogP contribution is -3.00. The minimum atomic E-state index is -0.731. The Morgan fingerprint density at radius 1 is 1.27 bits per heavy atom. The van der Waals surface area contributed by atoms with Crippen LogP contribution in [0.4, 0.5) is 0 Å². The van der Waals surface area contributed by atoms with Crippen molar-refractivity contribution in [1.29, 1.82) is 0 Å². The van der Waals surface area contributed by atoms with Gasteiger partial charge in [0.25, 0.3) is 0 Å². The smallest absolute Gasteiger partial charge is 0.135 e. The van der Waals surface area contributed by atoms with Crippen LogP contribution in [0.3, 0.4) is 0 Å². The number of hydrogen-bond acceptors (Lipinski definition) is 1. The van der Waals surface area contributed by atoms with Crippen LogP contribution in [0.5, 0.6) is 0 Å². The Morgan fingerprint density at radius 3 is 2.27 bits per heavy atom. The highest BCUT2D eigenvalue weighted by molar-refractivity contribution is 5.21. The van der Waals surface area contributed by atoms with E-state index < -0.39 is 5.60 Å². The summed E-state index contributed by atoms with van der Waals surface area (Å²) in [5.41, 5.74) is 0.253. The van der Waals surface area contributed by atoms with Crippen LogP contribution in [0.25, 0.3) is 0 Å². The average molecular weight is 230 g/mol. The predicted molar refractivity (Wildman–Crippen MR) is 57.9 cm³/mol. The largest absolute Gasteiger partial charge is 1.00 e. The first kappa shape index (κ1) is 14.4. The predicted octanol–water partition coefficient (Wildman–Crippen LogP) is -2.13. The molecule has 0 saturated heterocycles. The van der Waals surface area contributed by atoms with Gasteiger partial charge in [-0.2, -0.15) is 0 Å². The molecule has 1 unspecified atom stereocenters. The summed E-state index contributed by atoms with van der Waals surface area (Å²) in [7, 11) is 0. The van der Waals surface area contributed by atoms with Gasteiger partial charge in [0.1, 0.15) is 12.1 Å². The number of nitrogens with two attached hydrogens (primary N) is 1. The van der Waals surface area contributed by atoms with E-state index in [9.17, 15) is 5.11 Å². The molecule has 0 aromatic heterocycles. The third-order valence-electron chi connectivity index (χ3n) is 2.38. The molecule has 1 aromatic carbocycles. The number of benzene rings is 1. The number of rotatable bonds is 4. The van der Waals surface area contributed by atoms with E-state index in [2.05, 4.69) is 19.2 Å². The lowest BCUT2D eigenvalue weighted by atomic mass is 9.96.